The maximum absolute atomic E-state index is 8.58. The molecule has 0 radical (unpaired) electrons. The number of benzene rings is 1. The molecular weight excluding hydrogens is 234 g/mol. The van der Waals surface area contributed by atoms with E-state index in [-0.39, 0.29) is 6.79 Å². The van der Waals surface area contributed by atoms with Gasteiger partial charge in [-0.2, -0.15) is 5.26 Å². The number of fused-ring (bicyclic) bond motifs is 1. The van der Waals surface area contributed by atoms with Gasteiger partial charge in [0.2, 0.25) is 18.3 Å². The molecule has 2 rings (SSSR count). The monoisotopic (exact) mass is 249 g/mol. The molecule has 0 aliphatic carbocycles. The normalized spacial score (nSPS) is 12.1. The molecule has 0 saturated heterocycles. The molecule has 0 aromatic heterocycles. The van der Waals surface area contributed by atoms with Crippen LogP contribution < -0.4 is 18.9 Å². The summed E-state index contributed by atoms with van der Waals surface area (Å²) in [7, 11) is 3.18. The molecule has 0 saturated carbocycles. The summed E-state index contributed by atoms with van der Waals surface area (Å²) in [6.07, 6.45) is 2.03. The van der Waals surface area contributed by atoms with Crippen molar-refractivity contribution in [3.8, 4) is 29.1 Å². The van der Waals surface area contributed by atoms with Crippen molar-refractivity contribution in [2.75, 3.05) is 21.0 Å². The van der Waals surface area contributed by atoms with Crippen molar-refractivity contribution in [2.45, 2.75) is 19.3 Å². The van der Waals surface area contributed by atoms with Crippen LogP contribution in [0.2, 0.25) is 0 Å². The summed E-state index contributed by atoms with van der Waals surface area (Å²) >= 11 is 0. The lowest BCUT2D eigenvalue weighted by Gasteiger charge is -2.13. The van der Waals surface area contributed by atoms with Gasteiger partial charge in [-0.1, -0.05) is 0 Å². The Hall–Kier alpha value is -2.09. The quantitative estimate of drug-likeness (QED) is 0.749. The van der Waals surface area contributed by atoms with Crippen LogP contribution in [0.1, 0.15) is 18.4 Å². The number of unbranched alkanes of at least 4 members (excludes halogenated alkanes) is 1. The van der Waals surface area contributed by atoms with Crippen LogP contribution in [0.25, 0.3) is 0 Å². The highest BCUT2D eigenvalue weighted by Gasteiger charge is 2.26. The summed E-state index contributed by atoms with van der Waals surface area (Å²) < 4.78 is 21.4. The summed E-state index contributed by atoms with van der Waals surface area (Å²) in [6, 6.07) is 4.01. The fourth-order valence-electron chi connectivity index (χ4n) is 1.98. The number of nitriles is 1. The molecule has 0 fully saturated rings. The van der Waals surface area contributed by atoms with Crippen LogP contribution in [-0.4, -0.2) is 21.0 Å². The largest absolute Gasteiger partial charge is 0.493 e. The van der Waals surface area contributed by atoms with Crippen molar-refractivity contribution in [3.05, 3.63) is 11.6 Å². The molecule has 1 heterocycles. The Bertz CT molecular complexity index is 479. The van der Waals surface area contributed by atoms with Gasteiger partial charge in [-0.05, 0) is 18.9 Å². The summed E-state index contributed by atoms with van der Waals surface area (Å²) in [5, 5.41) is 8.58. The van der Waals surface area contributed by atoms with E-state index >= 15 is 0 Å². The van der Waals surface area contributed by atoms with Gasteiger partial charge in [-0.15, -0.1) is 0 Å². The van der Waals surface area contributed by atoms with Crippen molar-refractivity contribution in [2.24, 2.45) is 0 Å². The Balaban J connectivity index is 2.36. The predicted molar refractivity (Wildman–Crippen MR) is 64.2 cm³/mol. The summed E-state index contributed by atoms with van der Waals surface area (Å²) in [6.45, 7) is 0.170. The SMILES string of the molecule is COc1cc(CCCC#N)c(OC)c2c1OCO2. The Morgan fingerprint density at radius 1 is 1.28 bits per heavy atom. The fourth-order valence-corrected chi connectivity index (χ4v) is 1.98. The van der Waals surface area contributed by atoms with E-state index in [1.165, 1.54) is 0 Å². The standard InChI is InChI=1S/C13H15NO4/c1-15-10-7-9(5-3-4-6-14)11(16-2)13-12(10)17-8-18-13/h7H,3-5,8H2,1-2H3. The zero-order chi connectivity index (χ0) is 13.0. The molecule has 5 heteroatoms. The number of methoxy groups -OCH3 is 2. The third kappa shape index (κ3) is 2.14. The average Bonchev–Trinajstić information content (AvgIpc) is 2.87. The van der Waals surface area contributed by atoms with Gasteiger partial charge in [0.05, 0.1) is 20.3 Å². The molecule has 1 aromatic carbocycles. The Morgan fingerprint density at radius 2 is 2.06 bits per heavy atom. The lowest BCUT2D eigenvalue weighted by atomic mass is 10.1. The molecule has 18 heavy (non-hydrogen) atoms. The highest BCUT2D eigenvalue weighted by atomic mass is 16.7. The van der Waals surface area contributed by atoms with Crippen LogP contribution in [0.4, 0.5) is 0 Å². The average molecular weight is 249 g/mol. The second kappa shape index (κ2) is 5.50. The number of ether oxygens (including phenoxy) is 4. The molecule has 0 spiro atoms. The molecular formula is C13H15NO4. The third-order valence-corrected chi connectivity index (χ3v) is 2.80. The van der Waals surface area contributed by atoms with Crippen molar-refractivity contribution < 1.29 is 18.9 Å². The minimum atomic E-state index is 0.170. The zero-order valence-electron chi connectivity index (χ0n) is 10.5. The van der Waals surface area contributed by atoms with Gasteiger partial charge in [-0.25, -0.2) is 0 Å². The van der Waals surface area contributed by atoms with Crippen molar-refractivity contribution in [3.63, 3.8) is 0 Å². The predicted octanol–water partition coefficient (Wildman–Crippen LogP) is 2.28. The van der Waals surface area contributed by atoms with Gasteiger partial charge in [0.15, 0.2) is 11.5 Å². The van der Waals surface area contributed by atoms with Crippen molar-refractivity contribution in [1.82, 2.24) is 0 Å². The van der Waals surface area contributed by atoms with Gasteiger partial charge >= 0.3 is 0 Å². The zero-order valence-corrected chi connectivity index (χ0v) is 10.5. The van der Waals surface area contributed by atoms with Crippen LogP contribution in [0.3, 0.4) is 0 Å². The molecule has 1 aliphatic heterocycles. The smallest absolute Gasteiger partial charge is 0.231 e. The van der Waals surface area contributed by atoms with Crippen molar-refractivity contribution in [1.29, 1.82) is 5.26 Å². The fraction of sp³-hybridized carbons (Fsp3) is 0.462. The summed E-state index contributed by atoms with van der Waals surface area (Å²) in [5.74, 6) is 2.47. The minimum absolute atomic E-state index is 0.170. The molecule has 1 aliphatic rings. The molecule has 0 unspecified atom stereocenters. The van der Waals surface area contributed by atoms with Gasteiger partial charge in [0, 0.05) is 12.0 Å². The Morgan fingerprint density at radius 3 is 2.72 bits per heavy atom. The molecule has 0 bridgehead atoms. The Labute approximate surface area is 106 Å². The van der Waals surface area contributed by atoms with Gasteiger partial charge in [0.1, 0.15) is 0 Å². The first-order valence-electron chi connectivity index (χ1n) is 5.72. The van der Waals surface area contributed by atoms with E-state index in [2.05, 4.69) is 6.07 Å². The topological polar surface area (TPSA) is 60.7 Å². The van der Waals surface area contributed by atoms with Crippen LogP contribution in [0.15, 0.2) is 6.07 Å². The number of hydrogen-bond acceptors (Lipinski definition) is 5. The van der Waals surface area contributed by atoms with Gasteiger partial charge < -0.3 is 18.9 Å². The van der Waals surface area contributed by atoms with Crippen LogP contribution >= 0.6 is 0 Å². The van der Waals surface area contributed by atoms with E-state index in [1.54, 1.807) is 14.2 Å². The highest BCUT2D eigenvalue weighted by Crippen LogP contribution is 2.49. The van der Waals surface area contributed by atoms with E-state index in [9.17, 15) is 0 Å². The van der Waals surface area contributed by atoms with E-state index in [0.717, 1.165) is 18.4 Å². The number of aryl methyl sites for hydroxylation is 1. The van der Waals surface area contributed by atoms with Crippen LogP contribution in [-0.2, 0) is 6.42 Å². The van der Waals surface area contributed by atoms with Gasteiger partial charge in [-0.3, -0.25) is 0 Å². The minimum Gasteiger partial charge on any atom is -0.493 e. The van der Waals surface area contributed by atoms with E-state index in [1.807, 2.05) is 6.07 Å². The second-order valence-electron chi connectivity index (χ2n) is 3.85. The van der Waals surface area contributed by atoms with Crippen molar-refractivity contribution >= 4 is 0 Å². The molecule has 5 nitrogen and oxygen atoms in total. The first-order chi connectivity index (χ1) is 8.81. The van der Waals surface area contributed by atoms with Crippen LogP contribution in [0.5, 0.6) is 23.0 Å². The number of rotatable bonds is 5. The third-order valence-electron chi connectivity index (χ3n) is 2.80. The molecule has 1 aromatic rings. The highest BCUT2D eigenvalue weighted by molar-refractivity contribution is 5.63. The first-order valence-corrected chi connectivity index (χ1v) is 5.72. The van der Waals surface area contributed by atoms with E-state index in [0.29, 0.717) is 29.4 Å². The number of hydrogen-bond donors (Lipinski definition) is 0. The second-order valence-corrected chi connectivity index (χ2v) is 3.85. The number of nitrogens with zero attached hydrogens (tertiary/aromatic N) is 1. The maximum Gasteiger partial charge on any atom is 0.231 e. The Kier molecular flexibility index (Phi) is 3.78. The maximum atomic E-state index is 8.58. The lowest BCUT2D eigenvalue weighted by molar-refractivity contribution is 0.168. The first kappa shape index (κ1) is 12.4. The molecule has 0 N–H and O–H groups in total. The summed E-state index contributed by atoms with van der Waals surface area (Å²) in [5.41, 5.74) is 0.967. The summed E-state index contributed by atoms with van der Waals surface area (Å²) in [4.78, 5) is 0. The van der Waals surface area contributed by atoms with E-state index in [4.69, 9.17) is 24.2 Å². The van der Waals surface area contributed by atoms with E-state index < -0.39 is 0 Å². The van der Waals surface area contributed by atoms with Gasteiger partial charge in [0.25, 0.3) is 0 Å². The molecule has 0 amide bonds. The lowest BCUT2D eigenvalue weighted by Crippen LogP contribution is -1.96. The molecule has 0 atom stereocenters. The van der Waals surface area contributed by atoms with Crippen LogP contribution in [0, 0.1) is 11.3 Å². The molecule has 96 valence electrons.